The summed E-state index contributed by atoms with van der Waals surface area (Å²) in [6.45, 7) is 0.308. The summed E-state index contributed by atoms with van der Waals surface area (Å²) in [6.07, 6.45) is 3.23. The molecule has 3 aromatic heterocycles. The van der Waals surface area contributed by atoms with Gasteiger partial charge in [0.15, 0.2) is 0 Å². The van der Waals surface area contributed by atoms with Crippen molar-refractivity contribution in [2.45, 2.75) is 6.54 Å². The zero-order chi connectivity index (χ0) is 16.2. The second kappa shape index (κ2) is 6.72. The number of nitrogens with zero attached hydrogens (tertiary/aromatic N) is 2. The summed E-state index contributed by atoms with van der Waals surface area (Å²) in [4.78, 5) is 28.9. The van der Waals surface area contributed by atoms with Crippen LogP contribution >= 0.6 is 22.9 Å². The van der Waals surface area contributed by atoms with Crippen LogP contribution in [0, 0.1) is 0 Å². The molecule has 0 fully saturated rings. The van der Waals surface area contributed by atoms with Crippen LogP contribution in [0.4, 0.5) is 0 Å². The molecule has 0 saturated carbocycles. The smallest absolute Gasteiger partial charge is 0.277 e. The Balaban J connectivity index is 1.81. The maximum absolute atomic E-state index is 12.2. The molecule has 0 aliphatic heterocycles. The van der Waals surface area contributed by atoms with E-state index in [2.05, 4.69) is 20.5 Å². The van der Waals surface area contributed by atoms with E-state index in [0.717, 1.165) is 10.4 Å². The van der Waals surface area contributed by atoms with Crippen LogP contribution in [0.3, 0.4) is 0 Å². The van der Waals surface area contributed by atoms with Gasteiger partial charge in [-0.15, -0.1) is 11.3 Å². The molecule has 0 unspecified atom stereocenters. The molecular formula is C15H11ClN4O2S. The lowest BCUT2D eigenvalue weighted by Gasteiger charge is -2.05. The highest BCUT2D eigenvalue weighted by Gasteiger charge is 2.13. The monoisotopic (exact) mass is 346 g/mol. The SMILES string of the molecule is O=C(NCc1ccc(Cl)s1)c1cc(-c2ccncc2)n[nH]c1=O. The van der Waals surface area contributed by atoms with E-state index in [1.54, 1.807) is 30.6 Å². The summed E-state index contributed by atoms with van der Waals surface area (Å²) in [5, 5.41) is 9.00. The van der Waals surface area contributed by atoms with Gasteiger partial charge in [-0.25, -0.2) is 5.10 Å². The molecular weight excluding hydrogens is 336 g/mol. The predicted molar refractivity (Wildman–Crippen MR) is 88.6 cm³/mol. The van der Waals surface area contributed by atoms with Crippen molar-refractivity contribution < 1.29 is 4.79 Å². The van der Waals surface area contributed by atoms with Crippen LogP contribution in [0.1, 0.15) is 15.2 Å². The van der Waals surface area contributed by atoms with Gasteiger partial charge >= 0.3 is 0 Å². The fourth-order valence-corrected chi connectivity index (χ4v) is 2.98. The van der Waals surface area contributed by atoms with E-state index in [1.807, 2.05) is 6.07 Å². The van der Waals surface area contributed by atoms with Crippen molar-refractivity contribution in [1.29, 1.82) is 0 Å². The molecule has 8 heteroatoms. The number of hydrogen-bond acceptors (Lipinski definition) is 5. The average Bonchev–Trinajstić information content (AvgIpc) is 2.99. The highest BCUT2D eigenvalue weighted by atomic mass is 35.5. The quantitative estimate of drug-likeness (QED) is 0.759. The third kappa shape index (κ3) is 3.64. The number of carbonyl (C=O) groups excluding carboxylic acids is 1. The van der Waals surface area contributed by atoms with E-state index in [-0.39, 0.29) is 5.56 Å². The van der Waals surface area contributed by atoms with Crippen molar-refractivity contribution in [2.24, 2.45) is 0 Å². The van der Waals surface area contributed by atoms with Gasteiger partial charge in [-0.2, -0.15) is 5.10 Å². The maximum Gasteiger partial charge on any atom is 0.277 e. The number of pyridine rings is 1. The van der Waals surface area contributed by atoms with Gasteiger partial charge in [0.1, 0.15) is 5.56 Å². The number of rotatable bonds is 4. The molecule has 0 spiro atoms. The number of H-pyrrole nitrogens is 1. The summed E-state index contributed by atoms with van der Waals surface area (Å²) < 4.78 is 0.649. The topological polar surface area (TPSA) is 87.7 Å². The molecule has 23 heavy (non-hydrogen) atoms. The van der Waals surface area contributed by atoms with E-state index >= 15 is 0 Å². The standard InChI is InChI=1S/C15H11ClN4O2S/c16-13-2-1-10(23-13)8-18-14(21)11-7-12(19-20-15(11)22)9-3-5-17-6-4-9/h1-7H,8H2,(H,18,21)(H,20,22). The van der Waals surface area contributed by atoms with Crippen molar-refractivity contribution in [2.75, 3.05) is 0 Å². The maximum atomic E-state index is 12.2. The summed E-state index contributed by atoms with van der Waals surface area (Å²) in [5.74, 6) is -0.464. The van der Waals surface area contributed by atoms with E-state index in [1.165, 1.54) is 17.4 Å². The van der Waals surface area contributed by atoms with Crippen molar-refractivity contribution in [1.82, 2.24) is 20.5 Å². The Hall–Kier alpha value is -2.51. The Labute approximate surface area is 140 Å². The summed E-state index contributed by atoms with van der Waals surface area (Å²) in [7, 11) is 0. The molecule has 0 aliphatic rings. The molecule has 1 amide bonds. The Kier molecular flexibility index (Phi) is 4.50. The number of aromatic amines is 1. The molecule has 0 radical (unpaired) electrons. The summed E-state index contributed by atoms with van der Waals surface area (Å²) >= 11 is 7.22. The first-order valence-electron chi connectivity index (χ1n) is 6.66. The molecule has 0 saturated heterocycles. The number of hydrogen-bond donors (Lipinski definition) is 2. The number of halogens is 1. The molecule has 0 aromatic carbocycles. The van der Waals surface area contributed by atoms with Gasteiger partial charge in [-0.3, -0.25) is 14.6 Å². The zero-order valence-electron chi connectivity index (χ0n) is 11.7. The van der Waals surface area contributed by atoms with Gasteiger partial charge in [0.05, 0.1) is 16.6 Å². The molecule has 3 rings (SSSR count). The van der Waals surface area contributed by atoms with E-state index in [0.29, 0.717) is 16.6 Å². The lowest BCUT2D eigenvalue weighted by molar-refractivity contribution is 0.0949. The number of nitrogens with one attached hydrogen (secondary N) is 2. The highest BCUT2D eigenvalue weighted by Crippen LogP contribution is 2.21. The van der Waals surface area contributed by atoms with E-state index < -0.39 is 11.5 Å². The molecule has 3 heterocycles. The van der Waals surface area contributed by atoms with Crippen LogP contribution in [0.5, 0.6) is 0 Å². The number of amides is 1. The molecule has 6 nitrogen and oxygen atoms in total. The van der Waals surface area contributed by atoms with Gasteiger partial charge in [0, 0.05) is 22.8 Å². The van der Waals surface area contributed by atoms with Crippen LogP contribution in [0.15, 0.2) is 47.5 Å². The number of thiophene rings is 1. The van der Waals surface area contributed by atoms with Crippen molar-refractivity contribution in [3.63, 3.8) is 0 Å². The van der Waals surface area contributed by atoms with Gasteiger partial charge in [-0.05, 0) is 30.3 Å². The minimum Gasteiger partial charge on any atom is -0.347 e. The predicted octanol–water partition coefficient (Wildman–Crippen LogP) is 2.48. The van der Waals surface area contributed by atoms with Crippen molar-refractivity contribution in [3.8, 4) is 11.3 Å². The van der Waals surface area contributed by atoms with Crippen molar-refractivity contribution in [3.05, 3.63) is 67.9 Å². The first-order chi connectivity index (χ1) is 11.1. The van der Waals surface area contributed by atoms with Gasteiger partial charge < -0.3 is 5.32 Å². The lowest BCUT2D eigenvalue weighted by atomic mass is 10.1. The molecule has 2 N–H and O–H groups in total. The van der Waals surface area contributed by atoms with Crippen LogP contribution in [-0.4, -0.2) is 21.1 Å². The van der Waals surface area contributed by atoms with Crippen molar-refractivity contribution >= 4 is 28.8 Å². The Bertz CT molecular complexity index is 892. The Morgan fingerprint density at radius 2 is 2.04 bits per heavy atom. The molecule has 116 valence electrons. The van der Waals surface area contributed by atoms with Gasteiger partial charge in [0.2, 0.25) is 0 Å². The molecule has 3 aromatic rings. The van der Waals surface area contributed by atoms with Gasteiger partial charge in [0.25, 0.3) is 11.5 Å². The molecule has 0 bridgehead atoms. The second-order valence-corrected chi connectivity index (χ2v) is 6.42. The average molecular weight is 347 g/mol. The number of aromatic nitrogens is 3. The largest absolute Gasteiger partial charge is 0.347 e. The van der Waals surface area contributed by atoms with Gasteiger partial charge in [-0.1, -0.05) is 11.6 Å². The Morgan fingerprint density at radius 1 is 1.26 bits per heavy atom. The molecule has 0 atom stereocenters. The first kappa shape index (κ1) is 15.4. The van der Waals surface area contributed by atoms with Crippen LogP contribution in [0.25, 0.3) is 11.3 Å². The first-order valence-corrected chi connectivity index (χ1v) is 7.85. The third-order valence-electron chi connectivity index (χ3n) is 3.08. The number of carbonyl (C=O) groups is 1. The van der Waals surface area contributed by atoms with Crippen LogP contribution < -0.4 is 10.9 Å². The van der Waals surface area contributed by atoms with E-state index in [4.69, 9.17) is 11.6 Å². The van der Waals surface area contributed by atoms with Crippen LogP contribution in [0.2, 0.25) is 4.34 Å². The fourth-order valence-electron chi connectivity index (χ4n) is 1.95. The normalized spacial score (nSPS) is 10.5. The minimum atomic E-state index is -0.537. The second-order valence-electron chi connectivity index (χ2n) is 4.62. The third-order valence-corrected chi connectivity index (χ3v) is 4.31. The zero-order valence-corrected chi connectivity index (χ0v) is 13.3. The summed E-state index contributed by atoms with van der Waals surface area (Å²) in [6, 6.07) is 8.54. The Morgan fingerprint density at radius 3 is 2.74 bits per heavy atom. The highest BCUT2D eigenvalue weighted by molar-refractivity contribution is 7.16. The van der Waals surface area contributed by atoms with E-state index in [9.17, 15) is 9.59 Å². The summed E-state index contributed by atoms with van der Waals surface area (Å²) in [5.41, 5.74) is 0.727. The lowest BCUT2D eigenvalue weighted by Crippen LogP contribution is -2.29. The van der Waals surface area contributed by atoms with Crippen LogP contribution in [-0.2, 0) is 6.54 Å². The minimum absolute atomic E-state index is 0.00876. The molecule has 0 aliphatic carbocycles. The fraction of sp³-hybridized carbons (Fsp3) is 0.0667.